The highest BCUT2D eigenvalue weighted by atomic mass is 16.2. The van der Waals surface area contributed by atoms with Crippen molar-refractivity contribution in [3.05, 3.63) is 18.2 Å². The molecule has 1 aliphatic heterocycles. The van der Waals surface area contributed by atoms with Crippen LogP contribution in [-0.4, -0.2) is 46.5 Å². The summed E-state index contributed by atoms with van der Waals surface area (Å²) in [5, 5.41) is 3.41. The number of carbonyl (C=O) groups is 1. The molecular formula is C14H24N4O. The molecule has 0 radical (unpaired) electrons. The van der Waals surface area contributed by atoms with Gasteiger partial charge in [0.25, 0.3) is 0 Å². The number of imidazole rings is 1. The zero-order valence-electron chi connectivity index (χ0n) is 11.9. The average Bonchev–Trinajstić information content (AvgIpc) is 2.89. The molecule has 1 unspecified atom stereocenters. The number of nitrogens with zero attached hydrogens (tertiary/aromatic N) is 3. The van der Waals surface area contributed by atoms with E-state index in [-0.39, 0.29) is 5.91 Å². The van der Waals surface area contributed by atoms with Gasteiger partial charge < -0.3 is 14.8 Å². The molecule has 0 spiro atoms. The zero-order chi connectivity index (χ0) is 13.7. The summed E-state index contributed by atoms with van der Waals surface area (Å²) in [7, 11) is 0. The van der Waals surface area contributed by atoms with E-state index in [0.29, 0.717) is 12.5 Å². The number of aromatic nitrogens is 2. The molecule has 1 saturated heterocycles. The molecule has 0 bridgehead atoms. The van der Waals surface area contributed by atoms with Gasteiger partial charge in [-0.05, 0) is 33.2 Å². The minimum atomic E-state index is 0.174. The summed E-state index contributed by atoms with van der Waals surface area (Å²) in [6.45, 7) is 8.07. The summed E-state index contributed by atoms with van der Waals surface area (Å²) in [5.74, 6) is 0.661. The second-order valence-electron chi connectivity index (χ2n) is 5.06. The largest absolute Gasteiger partial charge is 0.342 e. The maximum absolute atomic E-state index is 12.2. The van der Waals surface area contributed by atoms with Crippen molar-refractivity contribution in [2.45, 2.75) is 39.2 Å². The smallest absolute Gasteiger partial charge is 0.242 e. The molecule has 5 heteroatoms. The summed E-state index contributed by atoms with van der Waals surface area (Å²) in [5.41, 5.74) is 1.19. The quantitative estimate of drug-likeness (QED) is 0.870. The van der Waals surface area contributed by atoms with Crippen LogP contribution in [0.3, 0.4) is 0 Å². The van der Waals surface area contributed by atoms with Crippen LogP contribution >= 0.6 is 0 Å². The Morgan fingerprint density at radius 2 is 2.32 bits per heavy atom. The minimum absolute atomic E-state index is 0.174. The van der Waals surface area contributed by atoms with Gasteiger partial charge in [0, 0.05) is 37.4 Å². The van der Waals surface area contributed by atoms with Crippen LogP contribution < -0.4 is 5.32 Å². The second-order valence-corrected chi connectivity index (χ2v) is 5.06. The van der Waals surface area contributed by atoms with E-state index < -0.39 is 0 Å². The van der Waals surface area contributed by atoms with Gasteiger partial charge in [0.15, 0.2) is 0 Å². The number of carbonyl (C=O) groups excluding carboxylic acids is 1. The van der Waals surface area contributed by atoms with Crippen LogP contribution in [0, 0.1) is 0 Å². The Morgan fingerprint density at radius 1 is 1.53 bits per heavy atom. The van der Waals surface area contributed by atoms with Crippen LogP contribution in [0.2, 0.25) is 0 Å². The number of nitrogens with one attached hydrogen (secondary N) is 1. The number of hydrogen-bond donors (Lipinski definition) is 1. The minimum Gasteiger partial charge on any atom is -0.342 e. The Morgan fingerprint density at radius 3 is 2.95 bits per heavy atom. The molecule has 1 N–H and O–H groups in total. The molecule has 1 aromatic heterocycles. The lowest BCUT2D eigenvalue weighted by Gasteiger charge is -2.25. The monoisotopic (exact) mass is 264 g/mol. The van der Waals surface area contributed by atoms with Gasteiger partial charge in [-0.25, -0.2) is 4.98 Å². The standard InChI is InChI=1S/C14H24N4O/c1-3-17(4-2)14(19)10-18-11-16-9-13(18)12-6-5-7-15-8-12/h9,11-12,15H,3-8,10H2,1-2H3. The van der Waals surface area contributed by atoms with E-state index in [1.54, 1.807) is 6.33 Å². The average molecular weight is 264 g/mol. The van der Waals surface area contributed by atoms with Gasteiger partial charge in [-0.3, -0.25) is 4.79 Å². The fourth-order valence-electron chi connectivity index (χ4n) is 2.73. The predicted molar refractivity (Wildman–Crippen MR) is 75.0 cm³/mol. The lowest BCUT2D eigenvalue weighted by molar-refractivity contribution is -0.131. The Kier molecular flexibility index (Phi) is 4.96. The second kappa shape index (κ2) is 6.70. The first-order valence-corrected chi connectivity index (χ1v) is 7.24. The first-order valence-electron chi connectivity index (χ1n) is 7.24. The van der Waals surface area contributed by atoms with E-state index >= 15 is 0 Å². The van der Waals surface area contributed by atoms with Crippen molar-refractivity contribution in [1.82, 2.24) is 19.8 Å². The molecule has 1 aromatic rings. The van der Waals surface area contributed by atoms with Crippen molar-refractivity contribution >= 4 is 5.91 Å². The summed E-state index contributed by atoms with van der Waals surface area (Å²) in [6.07, 6.45) is 6.07. The fraction of sp³-hybridized carbons (Fsp3) is 0.714. The van der Waals surface area contributed by atoms with Crippen molar-refractivity contribution in [2.24, 2.45) is 0 Å². The third kappa shape index (κ3) is 3.35. The summed E-state index contributed by atoms with van der Waals surface area (Å²) in [6, 6.07) is 0. The summed E-state index contributed by atoms with van der Waals surface area (Å²) in [4.78, 5) is 18.3. The third-order valence-electron chi connectivity index (χ3n) is 3.88. The van der Waals surface area contributed by atoms with Gasteiger partial charge in [-0.2, -0.15) is 0 Å². The molecule has 1 fully saturated rings. The molecule has 19 heavy (non-hydrogen) atoms. The van der Waals surface area contributed by atoms with Gasteiger partial charge in [0.1, 0.15) is 6.54 Å². The SMILES string of the molecule is CCN(CC)C(=O)Cn1cncc1C1CCCNC1. The molecule has 1 atom stereocenters. The highest BCUT2D eigenvalue weighted by Gasteiger charge is 2.20. The van der Waals surface area contributed by atoms with E-state index in [2.05, 4.69) is 10.3 Å². The van der Waals surface area contributed by atoms with E-state index in [9.17, 15) is 4.79 Å². The van der Waals surface area contributed by atoms with Crippen molar-refractivity contribution in [3.8, 4) is 0 Å². The molecule has 2 heterocycles. The van der Waals surface area contributed by atoms with Crippen LogP contribution in [-0.2, 0) is 11.3 Å². The number of amides is 1. The fourth-order valence-corrected chi connectivity index (χ4v) is 2.73. The third-order valence-corrected chi connectivity index (χ3v) is 3.88. The van der Waals surface area contributed by atoms with Crippen molar-refractivity contribution < 1.29 is 4.79 Å². The molecule has 106 valence electrons. The van der Waals surface area contributed by atoms with Crippen LogP contribution in [0.4, 0.5) is 0 Å². The summed E-state index contributed by atoms with van der Waals surface area (Å²) >= 11 is 0. The lowest BCUT2D eigenvalue weighted by atomic mass is 9.96. The van der Waals surface area contributed by atoms with Crippen LogP contribution in [0.5, 0.6) is 0 Å². The molecule has 0 aromatic carbocycles. The maximum atomic E-state index is 12.2. The Balaban J connectivity index is 2.04. The van der Waals surface area contributed by atoms with E-state index in [4.69, 9.17) is 0 Å². The maximum Gasteiger partial charge on any atom is 0.242 e. The Bertz CT molecular complexity index is 405. The molecule has 0 aliphatic carbocycles. The van der Waals surface area contributed by atoms with Crippen molar-refractivity contribution in [2.75, 3.05) is 26.2 Å². The number of piperidine rings is 1. The predicted octanol–water partition coefficient (Wildman–Crippen LogP) is 1.22. The highest BCUT2D eigenvalue weighted by Crippen LogP contribution is 2.22. The lowest BCUT2D eigenvalue weighted by Crippen LogP contribution is -2.34. The van der Waals surface area contributed by atoms with E-state index in [0.717, 1.165) is 26.2 Å². The van der Waals surface area contributed by atoms with E-state index in [1.165, 1.54) is 18.5 Å². The molecule has 0 saturated carbocycles. The van der Waals surface area contributed by atoms with Crippen LogP contribution in [0.15, 0.2) is 12.5 Å². The zero-order valence-corrected chi connectivity index (χ0v) is 11.9. The van der Waals surface area contributed by atoms with Gasteiger partial charge in [-0.1, -0.05) is 0 Å². The first kappa shape index (κ1) is 14.1. The van der Waals surface area contributed by atoms with Crippen LogP contribution in [0.25, 0.3) is 0 Å². The normalized spacial score (nSPS) is 19.4. The molecule has 1 amide bonds. The highest BCUT2D eigenvalue weighted by molar-refractivity contribution is 5.76. The molecular weight excluding hydrogens is 240 g/mol. The van der Waals surface area contributed by atoms with Gasteiger partial charge >= 0.3 is 0 Å². The molecule has 1 aliphatic rings. The number of likely N-dealkylation sites (N-methyl/N-ethyl adjacent to an activating group) is 1. The van der Waals surface area contributed by atoms with E-state index in [1.807, 2.05) is 29.5 Å². The van der Waals surface area contributed by atoms with Crippen molar-refractivity contribution in [3.63, 3.8) is 0 Å². The van der Waals surface area contributed by atoms with Gasteiger partial charge in [0.2, 0.25) is 5.91 Å². The summed E-state index contributed by atoms with van der Waals surface area (Å²) < 4.78 is 2.01. The number of rotatable bonds is 5. The van der Waals surface area contributed by atoms with Gasteiger partial charge in [0.05, 0.1) is 6.33 Å². The first-order chi connectivity index (χ1) is 9.26. The Hall–Kier alpha value is -1.36. The molecule has 5 nitrogen and oxygen atoms in total. The Labute approximate surface area is 115 Å². The topological polar surface area (TPSA) is 50.2 Å². The molecule has 2 rings (SSSR count). The van der Waals surface area contributed by atoms with Crippen molar-refractivity contribution in [1.29, 1.82) is 0 Å². The van der Waals surface area contributed by atoms with Gasteiger partial charge in [-0.15, -0.1) is 0 Å². The number of hydrogen-bond acceptors (Lipinski definition) is 3. The van der Waals surface area contributed by atoms with Crippen LogP contribution in [0.1, 0.15) is 38.3 Å².